The highest BCUT2D eigenvalue weighted by Gasteiger charge is 2.58. The highest BCUT2D eigenvalue weighted by molar-refractivity contribution is 5.69. The van der Waals surface area contributed by atoms with Crippen molar-refractivity contribution in [3.8, 4) is 0 Å². The molecule has 0 aromatic carbocycles. The fourth-order valence-corrected chi connectivity index (χ4v) is 2.75. The number of nitrogens with one attached hydrogen (secondary N) is 1. The van der Waals surface area contributed by atoms with E-state index in [2.05, 4.69) is 5.32 Å². The van der Waals surface area contributed by atoms with Crippen LogP contribution in [0.3, 0.4) is 0 Å². The number of nitrogens with zero attached hydrogens (tertiary/aromatic N) is 1. The van der Waals surface area contributed by atoms with Gasteiger partial charge in [0, 0.05) is 13.1 Å². The van der Waals surface area contributed by atoms with Crippen LogP contribution in [0.1, 0.15) is 33.6 Å². The van der Waals surface area contributed by atoms with E-state index in [1.807, 2.05) is 20.8 Å². The van der Waals surface area contributed by atoms with Gasteiger partial charge in [-0.3, -0.25) is 0 Å². The molecule has 1 N–H and O–H groups in total. The number of hydrogen-bond acceptors (Lipinski definition) is 4. The van der Waals surface area contributed by atoms with Gasteiger partial charge in [0.1, 0.15) is 11.2 Å². The van der Waals surface area contributed by atoms with Crippen molar-refractivity contribution >= 4 is 6.09 Å². The molecule has 2 saturated heterocycles. The lowest BCUT2D eigenvalue weighted by molar-refractivity contribution is -0.193. The molecule has 0 atom stereocenters. The van der Waals surface area contributed by atoms with Crippen molar-refractivity contribution in [3.63, 3.8) is 0 Å². The average molecular weight is 254 g/mol. The number of carbonyl (C=O) groups is 1. The monoisotopic (exact) mass is 254 g/mol. The minimum absolute atomic E-state index is 0.0816. The Balaban J connectivity index is 1.54. The lowest BCUT2D eigenvalue weighted by Crippen LogP contribution is -2.72. The van der Waals surface area contributed by atoms with E-state index >= 15 is 0 Å². The molecule has 3 rings (SSSR count). The molecular weight excluding hydrogens is 232 g/mol. The van der Waals surface area contributed by atoms with Crippen LogP contribution in [0.2, 0.25) is 0 Å². The molecule has 3 aliphatic rings. The fourth-order valence-electron chi connectivity index (χ4n) is 2.75. The molecule has 1 aliphatic carbocycles. The largest absolute Gasteiger partial charge is 0.444 e. The summed E-state index contributed by atoms with van der Waals surface area (Å²) < 4.78 is 11.6. The Kier molecular flexibility index (Phi) is 2.45. The topological polar surface area (TPSA) is 50.8 Å². The molecule has 2 aliphatic heterocycles. The SMILES string of the molecule is CC(C)(C)OC(=O)N1CC2(CNCC3(CC3)O2)C1. The van der Waals surface area contributed by atoms with Crippen LogP contribution in [0.5, 0.6) is 0 Å². The highest BCUT2D eigenvalue weighted by atomic mass is 16.6. The predicted molar refractivity (Wildman–Crippen MR) is 66.5 cm³/mol. The number of likely N-dealkylation sites (tertiary alicyclic amines) is 1. The summed E-state index contributed by atoms with van der Waals surface area (Å²) in [7, 11) is 0. The smallest absolute Gasteiger partial charge is 0.410 e. The van der Waals surface area contributed by atoms with E-state index in [9.17, 15) is 4.79 Å². The summed E-state index contributed by atoms with van der Waals surface area (Å²) in [5, 5.41) is 3.43. The zero-order chi connectivity index (χ0) is 13.0. The molecular formula is C13H22N2O3. The third-order valence-electron chi connectivity index (χ3n) is 3.74. The maximum absolute atomic E-state index is 11.9. The minimum Gasteiger partial charge on any atom is -0.444 e. The summed E-state index contributed by atoms with van der Waals surface area (Å²) in [4.78, 5) is 13.6. The lowest BCUT2D eigenvalue weighted by atomic mass is 9.92. The van der Waals surface area contributed by atoms with Crippen molar-refractivity contribution in [1.29, 1.82) is 0 Å². The predicted octanol–water partition coefficient (Wildman–Crippen LogP) is 1.13. The van der Waals surface area contributed by atoms with Crippen LogP contribution < -0.4 is 5.32 Å². The first-order chi connectivity index (χ1) is 8.32. The van der Waals surface area contributed by atoms with Crippen molar-refractivity contribution in [2.45, 2.75) is 50.4 Å². The molecule has 2 heterocycles. The number of rotatable bonds is 0. The maximum Gasteiger partial charge on any atom is 0.410 e. The first-order valence-electron chi connectivity index (χ1n) is 6.71. The van der Waals surface area contributed by atoms with Gasteiger partial charge in [-0.2, -0.15) is 0 Å². The summed E-state index contributed by atoms with van der Waals surface area (Å²) in [5.41, 5.74) is -0.507. The van der Waals surface area contributed by atoms with Crippen molar-refractivity contribution in [3.05, 3.63) is 0 Å². The normalized spacial score (nSPS) is 28.1. The highest BCUT2D eigenvalue weighted by Crippen LogP contribution is 2.46. The Morgan fingerprint density at radius 1 is 1.22 bits per heavy atom. The van der Waals surface area contributed by atoms with Crippen LogP contribution >= 0.6 is 0 Å². The first kappa shape index (κ1) is 12.2. The van der Waals surface area contributed by atoms with Crippen molar-refractivity contribution in [2.75, 3.05) is 26.2 Å². The summed E-state index contributed by atoms with van der Waals surface area (Å²) in [5.74, 6) is 0. The van der Waals surface area contributed by atoms with E-state index in [-0.39, 0.29) is 17.3 Å². The average Bonchev–Trinajstić information content (AvgIpc) is 2.91. The van der Waals surface area contributed by atoms with Crippen LogP contribution in [0.15, 0.2) is 0 Å². The van der Waals surface area contributed by atoms with Gasteiger partial charge in [0.25, 0.3) is 0 Å². The molecule has 5 heteroatoms. The summed E-state index contributed by atoms with van der Waals surface area (Å²) in [6.45, 7) is 8.76. The minimum atomic E-state index is -0.427. The van der Waals surface area contributed by atoms with Gasteiger partial charge < -0.3 is 19.7 Å². The molecule has 5 nitrogen and oxygen atoms in total. The molecule has 1 amide bonds. The molecule has 3 fully saturated rings. The van der Waals surface area contributed by atoms with Gasteiger partial charge in [-0.1, -0.05) is 0 Å². The number of morpholine rings is 1. The van der Waals surface area contributed by atoms with Crippen molar-refractivity contribution < 1.29 is 14.3 Å². The molecule has 0 aromatic heterocycles. The van der Waals surface area contributed by atoms with E-state index in [1.54, 1.807) is 4.90 Å². The van der Waals surface area contributed by atoms with Gasteiger partial charge in [-0.05, 0) is 33.6 Å². The van der Waals surface area contributed by atoms with Gasteiger partial charge >= 0.3 is 6.09 Å². The van der Waals surface area contributed by atoms with Crippen LogP contribution in [0.4, 0.5) is 4.79 Å². The molecule has 1 saturated carbocycles. The summed E-state index contributed by atoms with van der Waals surface area (Å²) in [6, 6.07) is 0. The number of carbonyl (C=O) groups excluding carboxylic acids is 1. The molecule has 0 unspecified atom stereocenters. The second kappa shape index (κ2) is 3.61. The van der Waals surface area contributed by atoms with E-state index in [1.165, 1.54) is 0 Å². The van der Waals surface area contributed by atoms with Gasteiger partial charge in [-0.25, -0.2) is 4.79 Å². The second-order valence-corrected chi connectivity index (χ2v) is 6.91. The van der Waals surface area contributed by atoms with Gasteiger partial charge in [0.05, 0.1) is 18.7 Å². The van der Waals surface area contributed by atoms with Crippen LogP contribution in [-0.4, -0.2) is 54.0 Å². The van der Waals surface area contributed by atoms with E-state index in [0.717, 1.165) is 25.9 Å². The molecule has 102 valence electrons. The number of ether oxygens (including phenoxy) is 2. The fraction of sp³-hybridized carbons (Fsp3) is 0.923. The van der Waals surface area contributed by atoms with Crippen LogP contribution in [0.25, 0.3) is 0 Å². The third kappa shape index (κ3) is 2.21. The maximum atomic E-state index is 11.9. The van der Waals surface area contributed by atoms with Gasteiger partial charge in [0.2, 0.25) is 0 Å². The Labute approximate surface area is 108 Å². The third-order valence-corrected chi connectivity index (χ3v) is 3.74. The van der Waals surface area contributed by atoms with Gasteiger partial charge in [-0.15, -0.1) is 0 Å². The Hall–Kier alpha value is -0.810. The first-order valence-corrected chi connectivity index (χ1v) is 6.71. The number of hydrogen-bond donors (Lipinski definition) is 1. The van der Waals surface area contributed by atoms with E-state index < -0.39 is 5.60 Å². The van der Waals surface area contributed by atoms with E-state index in [0.29, 0.717) is 13.1 Å². The van der Waals surface area contributed by atoms with Crippen LogP contribution in [-0.2, 0) is 9.47 Å². The Morgan fingerprint density at radius 2 is 1.83 bits per heavy atom. The quantitative estimate of drug-likeness (QED) is 0.704. The zero-order valence-corrected chi connectivity index (χ0v) is 11.4. The molecule has 18 heavy (non-hydrogen) atoms. The van der Waals surface area contributed by atoms with Crippen LogP contribution in [0, 0.1) is 0 Å². The Morgan fingerprint density at radius 3 is 2.39 bits per heavy atom. The van der Waals surface area contributed by atoms with Crippen molar-refractivity contribution in [2.24, 2.45) is 0 Å². The zero-order valence-electron chi connectivity index (χ0n) is 11.4. The molecule has 2 spiro atoms. The van der Waals surface area contributed by atoms with Gasteiger partial charge in [0.15, 0.2) is 0 Å². The summed E-state index contributed by atoms with van der Waals surface area (Å²) in [6.07, 6.45) is 2.06. The molecule has 0 radical (unpaired) electrons. The van der Waals surface area contributed by atoms with E-state index in [4.69, 9.17) is 9.47 Å². The second-order valence-electron chi connectivity index (χ2n) is 6.91. The Bertz CT molecular complexity index is 365. The lowest BCUT2D eigenvalue weighted by Gasteiger charge is -2.53. The standard InChI is InChI=1S/C13H22N2O3/c1-11(2,3)17-10(16)15-8-13(9-15)7-14-6-12(18-13)4-5-12/h14H,4-9H2,1-3H3. The molecule has 0 bridgehead atoms. The molecule has 0 aromatic rings. The number of amides is 1. The van der Waals surface area contributed by atoms with Crippen molar-refractivity contribution in [1.82, 2.24) is 10.2 Å². The summed E-state index contributed by atoms with van der Waals surface area (Å²) >= 11 is 0.